The van der Waals surface area contributed by atoms with Gasteiger partial charge in [-0.05, 0) is 31.0 Å². The van der Waals surface area contributed by atoms with Gasteiger partial charge in [0, 0.05) is 12.3 Å². The highest BCUT2D eigenvalue weighted by molar-refractivity contribution is 6.42. The van der Waals surface area contributed by atoms with Crippen LogP contribution in [0.2, 0.25) is 10.0 Å². The van der Waals surface area contributed by atoms with E-state index in [-0.39, 0.29) is 11.9 Å². The van der Waals surface area contributed by atoms with Crippen LogP contribution in [0.5, 0.6) is 0 Å². The minimum Gasteiger partial charge on any atom is -0.350 e. The van der Waals surface area contributed by atoms with Crippen LogP contribution in [0.4, 0.5) is 0 Å². The maximum absolute atomic E-state index is 11.5. The third-order valence-corrected chi connectivity index (χ3v) is 3.36. The second-order valence-corrected chi connectivity index (χ2v) is 4.95. The first kappa shape index (κ1) is 14.6. The summed E-state index contributed by atoms with van der Waals surface area (Å²) < 4.78 is 0. The number of nitrogens with one attached hydrogen (secondary N) is 1. The van der Waals surface area contributed by atoms with Crippen LogP contribution in [0.15, 0.2) is 18.2 Å². The number of rotatable bonds is 5. The lowest BCUT2D eigenvalue weighted by Gasteiger charge is -2.14. The molecule has 0 aliphatic rings. The molecule has 0 heterocycles. The third kappa shape index (κ3) is 4.74. The van der Waals surface area contributed by atoms with Gasteiger partial charge in [0.05, 0.1) is 16.1 Å². The summed E-state index contributed by atoms with van der Waals surface area (Å²) in [5, 5.41) is 3.88. The monoisotopic (exact) mass is 293 g/mol. The molecule has 1 amide bonds. The molecular weight excluding hydrogens is 280 g/mol. The number of hydrogen-bond acceptors (Lipinski definition) is 1. The van der Waals surface area contributed by atoms with Crippen LogP contribution in [-0.4, -0.2) is 11.8 Å². The Morgan fingerprint density at radius 3 is 2.65 bits per heavy atom. The number of hydrogen-bond donors (Lipinski definition) is 1. The Kier molecular flexibility index (Phi) is 6.10. The average molecular weight is 295 g/mol. The van der Waals surface area contributed by atoms with Crippen molar-refractivity contribution in [1.82, 2.24) is 5.32 Å². The zero-order chi connectivity index (χ0) is 12.8. The topological polar surface area (TPSA) is 29.1 Å². The molecule has 1 aromatic rings. The van der Waals surface area contributed by atoms with E-state index in [4.69, 9.17) is 34.8 Å². The van der Waals surface area contributed by atoms with Gasteiger partial charge in [0.15, 0.2) is 0 Å². The molecule has 0 bridgehead atoms. The third-order valence-electron chi connectivity index (χ3n) is 2.36. The molecule has 17 heavy (non-hydrogen) atoms. The number of halogens is 3. The van der Waals surface area contributed by atoms with E-state index in [2.05, 4.69) is 5.32 Å². The molecule has 0 fully saturated rings. The second kappa shape index (κ2) is 7.10. The summed E-state index contributed by atoms with van der Waals surface area (Å²) in [7, 11) is 0. The lowest BCUT2D eigenvalue weighted by Crippen LogP contribution is -2.26. The maximum atomic E-state index is 11.5. The van der Waals surface area contributed by atoms with E-state index in [1.165, 1.54) is 0 Å². The summed E-state index contributed by atoms with van der Waals surface area (Å²) in [5.41, 5.74) is 0.929. The molecule has 1 rings (SSSR count). The van der Waals surface area contributed by atoms with Gasteiger partial charge in [0.1, 0.15) is 0 Å². The largest absolute Gasteiger partial charge is 0.350 e. The van der Waals surface area contributed by atoms with Gasteiger partial charge in [0.2, 0.25) is 5.91 Å². The van der Waals surface area contributed by atoms with Crippen molar-refractivity contribution in [1.29, 1.82) is 0 Å². The summed E-state index contributed by atoms with van der Waals surface area (Å²) in [6, 6.07) is 5.24. The van der Waals surface area contributed by atoms with Gasteiger partial charge in [-0.3, -0.25) is 4.79 Å². The Hall–Kier alpha value is -0.440. The lowest BCUT2D eigenvalue weighted by atomic mass is 10.1. The first-order valence-corrected chi connectivity index (χ1v) is 6.64. The SMILES string of the molecule is CC(NC(=O)CCCCl)c1ccc(Cl)c(Cl)c1. The van der Waals surface area contributed by atoms with Crippen LogP contribution in [0, 0.1) is 0 Å². The van der Waals surface area contributed by atoms with Crippen LogP contribution in [0.1, 0.15) is 31.4 Å². The molecule has 0 saturated carbocycles. The summed E-state index contributed by atoms with van der Waals surface area (Å²) in [5.74, 6) is 0.485. The van der Waals surface area contributed by atoms with Crippen molar-refractivity contribution in [2.24, 2.45) is 0 Å². The zero-order valence-corrected chi connectivity index (χ0v) is 11.7. The Balaban J connectivity index is 2.60. The molecule has 0 saturated heterocycles. The van der Waals surface area contributed by atoms with E-state index >= 15 is 0 Å². The van der Waals surface area contributed by atoms with Gasteiger partial charge in [-0.25, -0.2) is 0 Å². The fraction of sp³-hybridized carbons (Fsp3) is 0.417. The first-order valence-electron chi connectivity index (χ1n) is 5.35. The molecule has 2 nitrogen and oxygen atoms in total. The Labute approximate surface area is 116 Å². The molecular formula is C12H14Cl3NO. The molecule has 1 N–H and O–H groups in total. The number of amides is 1. The Morgan fingerprint density at radius 2 is 2.06 bits per heavy atom. The van der Waals surface area contributed by atoms with Crippen molar-refractivity contribution in [2.45, 2.75) is 25.8 Å². The van der Waals surface area contributed by atoms with Crippen LogP contribution >= 0.6 is 34.8 Å². The minimum atomic E-state index is -0.0902. The van der Waals surface area contributed by atoms with E-state index in [9.17, 15) is 4.79 Å². The first-order chi connectivity index (χ1) is 8.04. The second-order valence-electron chi connectivity index (χ2n) is 3.76. The molecule has 1 aromatic carbocycles. The van der Waals surface area contributed by atoms with Crippen molar-refractivity contribution in [2.75, 3.05) is 5.88 Å². The maximum Gasteiger partial charge on any atom is 0.220 e. The van der Waals surface area contributed by atoms with Crippen molar-refractivity contribution < 1.29 is 4.79 Å². The highest BCUT2D eigenvalue weighted by atomic mass is 35.5. The van der Waals surface area contributed by atoms with Gasteiger partial charge >= 0.3 is 0 Å². The highest BCUT2D eigenvalue weighted by Crippen LogP contribution is 2.25. The van der Waals surface area contributed by atoms with Crippen molar-refractivity contribution in [3.8, 4) is 0 Å². The molecule has 0 aliphatic heterocycles. The van der Waals surface area contributed by atoms with Crippen LogP contribution in [-0.2, 0) is 4.79 Å². The smallest absolute Gasteiger partial charge is 0.220 e. The summed E-state index contributed by atoms with van der Waals surface area (Å²) in [6.45, 7) is 1.90. The van der Waals surface area contributed by atoms with E-state index in [0.29, 0.717) is 28.8 Å². The predicted molar refractivity (Wildman–Crippen MR) is 73.0 cm³/mol. The molecule has 0 radical (unpaired) electrons. The fourth-order valence-electron chi connectivity index (χ4n) is 1.41. The van der Waals surface area contributed by atoms with Crippen molar-refractivity contribution in [3.05, 3.63) is 33.8 Å². The van der Waals surface area contributed by atoms with Gasteiger partial charge in [-0.2, -0.15) is 0 Å². The van der Waals surface area contributed by atoms with E-state index < -0.39 is 0 Å². The average Bonchev–Trinajstić information content (AvgIpc) is 2.30. The summed E-state index contributed by atoms with van der Waals surface area (Å²) >= 11 is 17.3. The number of benzene rings is 1. The van der Waals surface area contributed by atoms with E-state index in [1.54, 1.807) is 12.1 Å². The van der Waals surface area contributed by atoms with Crippen LogP contribution in [0.25, 0.3) is 0 Å². The normalized spacial score (nSPS) is 12.2. The van der Waals surface area contributed by atoms with Crippen LogP contribution in [0.3, 0.4) is 0 Å². The number of carbonyl (C=O) groups is 1. The molecule has 1 atom stereocenters. The summed E-state index contributed by atoms with van der Waals surface area (Å²) in [4.78, 5) is 11.5. The van der Waals surface area contributed by atoms with E-state index in [1.807, 2.05) is 13.0 Å². The van der Waals surface area contributed by atoms with Crippen molar-refractivity contribution >= 4 is 40.7 Å². The molecule has 5 heteroatoms. The number of carbonyl (C=O) groups excluding carboxylic acids is 1. The highest BCUT2D eigenvalue weighted by Gasteiger charge is 2.10. The van der Waals surface area contributed by atoms with Crippen molar-refractivity contribution in [3.63, 3.8) is 0 Å². The molecule has 0 spiro atoms. The molecule has 0 aromatic heterocycles. The number of alkyl halides is 1. The standard InChI is InChI=1S/C12H14Cl3NO/c1-8(16-12(17)3-2-6-13)9-4-5-10(14)11(15)7-9/h4-5,7-8H,2-3,6H2,1H3,(H,16,17). The predicted octanol–water partition coefficient (Wildman–Crippen LogP) is 4.19. The van der Waals surface area contributed by atoms with Crippen LogP contribution < -0.4 is 5.32 Å². The van der Waals surface area contributed by atoms with Gasteiger partial charge in [-0.1, -0.05) is 29.3 Å². The van der Waals surface area contributed by atoms with Gasteiger partial charge in [0.25, 0.3) is 0 Å². The lowest BCUT2D eigenvalue weighted by molar-refractivity contribution is -0.121. The Bertz CT molecular complexity index is 395. The van der Waals surface area contributed by atoms with E-state index in [0.717, 1.165) is 5.56 Å². The molecule has 0 aliphatic carbocycles. The van der Waals surface area contributed by atoms with Gasteiger partial charge in [-0.15, -0.1) is 11.6 Å². The molecule has 1 unspecified atom stereocenters. The zero-order valence-electron chi connectivity index (χ0n) is 9.47. The minimum absolute atomic E-state index is 0.00998. The Morgan fingerprint density at radius 1 is 1.35 bits per heavy atom. The molecule has 94 valence electrons. The summed E-state index contributed by atoms with van der Waals surface area (Å²) in [6.07, 6.45) is 1.12. The van der Waals surface area contributed by atoms with Gasteiger partial charge < -0.3 is 5.32 Å². The fourth-order valence-corrected chi connectivity index (χ4v) is 1.85. The quantitative estimate of drug-likeness (QED) is 0.811.